The van der Waals surface area contributed by atoms with Crippen molar-refractivity contribution < 1.29 is 9.59 Å². The summed E-state index contributed by atoms with van der Waals surface area (Å²) in [4.78, 5) is 24.9. The number of nitrogens with zero attached hydrogens (tertiary/aromatic N) is 2. The maximum absolute atomic E-state index is 11.7. The molecule has 1 saturated carbocycles. The minimum absolute atomic E-state index is 0.135. The van der Waals surface area contributed by atoms with Gasteiger partial charge in [-0.2, -0.15) is 5.26 Å². The van der Waals surface area contributed by atoms with Crippen LogP contribution < -0.4 is 5.32 Å². The van der Waals surface area contributed by atoms with Crippen LogP contribution in [0.4, 0.5) is 0 Å². The second-order valence-electron chi connectivity index (χ2n) is 4.24. The molecule has 1 aliphatic rings. The van der Waals surface area contributed by atoms with E-state index in [4.69, 9.17) is 5.26 Å². The van der Waals surface area contributed by atoms with Crippen molar-refractivity contribution >= 4 is 11.8 Å². The van der Waals surface area contributed by atoms with E-state index < -0.39 is 11.5 Å². The average Bonchev–Trinajstić information content (AvgIpc) is 3.07. The summed E-state index contributed by atoms with van der Waals surface area (Å²) < 4.78 is 0. The molecule has 2 amide bonds. The molecule has 0 radical (unpaired) electrons. The zero-order valence-corrected chi connectivity index (χ0v) is 9.91. The molecule has 1 atom stereocenters. The first-order valence-electron chi connectivity index (χ1n) is 5.44. The molecular weight excluding hydrogens is 206 g/mol. The molecule has 0 saturated heterocycles. The van der Waals surface area contributed by atoms with Gasteiger partial charge in [-0.3, -0.25) is 9.59 Å². The Morgan fingerprint density at radius 1 is 1.56 bits per heavy atom. The van der Waals surface area contributed by atoms with Gasteiger partial charge in [0.1, 0.15) is 11.5 Å². The molecule has 0 aromatic heterocycles. The van der Waals surface area contributed by atoms with Gasteiger partial charge in [0.25, 0.3) is 0 Å². The van der Waals surface area contributed by atoms with Crippen LogP contribution in [-0.4, -0.2) is 36.3 Å². The number of amides is 2. The highest BCUT2D eigenvalue weighted by atomic mass is 16.2. The second kappa shape index (κ2) is 4.52. The van der Waals surface area contributed by atoms with E-state index in [1.54, 1.807) is 14.0 Å². The van der Waals surface area contributed by atoms with Gasteiger partial charge in [0.05, 0.1) is 6.07 Å². The van der Waals surface area contributed by atoms with Crippen LogP contribution in [0.3, 0.4) is 0 Å². The highest BCUT2D eigenvalue weighted by Gasteiger charge is 2.51. The molecular formula is C11H17N3O2. The Labute approximate surface area is 95.4 Å². The van der Waals surface area contributed by atoms with Crippen LogP contribution >= 0.6 is 0 Å². The molecule has 1 unspecified atom stereocenters. The number of hydrogen-bond acceptors (Lipinski definition) is 3. The summed E-state index contributed by atoms with van der Waals surface area (Å²) in [6.07, 6.45) is 1.19. The number of hydrogen-bond donors (Lipinski definition) is 1. The Kier molecular flexibility index (Phi) is 3.53. The quantitative estimate of drug-likeness (QED) is 0.743. The van der Waals surface area contributed by atoms with Gasteiger partial charge in [-0.25, -0.2) is 0 Å². The lowest BCUT2D eigenvalue weighted by molar-refractivity contribution is -0.135. The fraction of sp³-hybridized carbons (Fsp3) is 0.727. The van der Waals surface area contributed by atoms with Gasteiger partial charge in [-0.15, -0.1) is 0 Å². The summed E-state index contributed by atoms with van der Waals surface area (Å²) in [6.45, 7) is 4.10. The Bertz CT molecular complexity index is 342. The van der Waals surface area contributed by atoms with Gasteiger partial charge < -0.3 is 10.2 Å². The van der Waals surface area contributed by atoms with Crippen molar-refractivity contribution in [2.75, 3.05) is 13.6 Å². The van der Waals surface area contributed by atoms with E-state index in [9.17, 15) is 9.59 Å². The van der Waals surface area contributed by atoms with Crippen LogP contribution in [0.1, 0.15) is 26.7 Å². The van der Waals surface area contributed by atoms with Crippen molar-refractivity contribution in [1.82, 2.24) is 10.2 Å². The predicted octanol–water partition coefficient (Wildman–Crippen LogP) is 0.273. The Morgan fingerprint density at radius 2 is 2.12 bits per heavy atom. The first-order chi connectivity index (χ1) is 7.46. The monoisotopic (exact) mass is 223 g/mol. The van der Waals surface area contributed by atoms with E-state index in [1.807, 2.05) is 13.0 Å². The lowest BCUT2D eigenvalue weighted by Crippen LogP contribution is -2.47. The van der Waals surface area contributed by atoms with E-state index in [2.05, 4.69) is 5.32 Å². The second-order valence-corrected chi connectivity index (χ2v) is 4.24. The Balaban J connectivity index is 2.52. The molecule has 1 N–H and O–H groups in total. The summed E-state index contributed by atoms with van der Waals surface area (Å²) in [5, 5.41) is 11.4. The van der Waals surface area contributed by atoms with Gasteiger partial charge in [0.2, 0.25) is 11.8 Å². The van der Waals surface area contributed by atoms with Crippen molar-refractivity contribution in [2.45, 2.75) is 32.7 Å². The maximum atomic E-state index is 11.7. The zero-order valence-electron chi connectivity index (χ0n) is 9.91. The number of nitrogens with one attached hydrogen (secondary N) is 1. The smallest absolute Gasteiger partial charge is 0.244 e. The first kappa shape index (κ1) is 12.5. The molecule has 16 heavy (non-hydrogen) atoms. The largest absolute Gasteiger partial charge is 0.344 e. The fourth-order valence-corrected chi connectivity index (χ4v) is 1.40. The number of carbonyl (C=O) groups excluding carboxylic acids is 2. The van der Waals surface area contributed by atoms with Gasteiger partial charge in [0.15, 0.2) is 0 Å². The molecule has 0 spiro atoms. The third-order valence-corrected chi connectivity index (χ3v) is 2.97. The third kappa shape index (κ3) is 2.32. The summed E-state index contributed by atoms with van der Waals surface area (Å²) in [7, 11) is 1.68. The molecule has 0 bridgehead atoms. The molecule has 0 aliphatic heterocycles. The van der Waals surface area contributed by atoms with Crippen LogP contribution in [0, 0.1) is 16.7 Å². The first-order valence-corrected chi connectivity index (χ1v) is 5.44. The average molecular weight is 223 g/mol. The number of rotatable bonds is 4. The molecule has 1 aliphatic carbocycles. The molecule has 0 aromatic rings. The van der Waals surface area contributed by atoms with Crippen LogP contribution in [0.15, 0.2) is 0 Å². The fourth-order valence-electron chi connectivity index (χ4n) is 1.40. The van der Waals surface area contributed by atoms with Gasteiger partial charge in [-0.05, 0) is 26.7 Å². The molecule has 0 heterocycles. The van der Waals surface area contributed by atoms with Crippen molar-refractivity contribution in [3.05, 3.63) is 0 Å². The van der Waals surface area contributed by atoms with Crippen molar-refractivity contribution in [1.29, 1.82) is 5.26 Å². The molecule has 5 nitrogen and oxygen atoms in total. The molecule has 88 valence electrons. The Hall–Kier alpha value is -1.57. The van der Waals surface area contributed by atoms with E-state index in [0.717, 1.165) is 0 Å². The number of nitriles is 1. The van der Waals surface area contributed by atoms with E-state index in [-0.39, 0.29) is 11.8 Å². The standard InChI is InChI=1S/C11H17N3O2/c1-4-14(3)9(15)8(2)13-10(16)11(7-12)5-6-11/h8H,4-6H2,1-3H3,(H,13,16). The third-order valence-electron chi connectivity index (χ3n) is 2.97. The van der Waals surface area contributed by atoms with E-state index >= 15 is 0 Å². The lowest BCUT2D eigenvalue weighted by atomic mass is 10.1. The maximum Gasteiger partial charge on any atom is 0.244 e. The molecule has 1 rings (SSSR count). The van der Waals surface area contributed by atoms with E-state index in [0.29, 0.717) is 19.4 Å². The number of carbonyl (C=O) groups is 2. The zero-order chi connectivity index (χ0) is 12.3. The van der Waals surface area contributed by atoms with E-state index in [1.165, 1.54) is 4.90 Å². The topological polar surface area (TPSA) is 73.2 Å². The summed E-state index contributed by atoms with van der Waals surface area (Å²) in [5.41, 5.74) is -0.862. The van der Waals surface area contributed by atoms with Crippen LogP contribution in [0.25, 0.3) is 0 Å². The van der Waals surface area contributed by atoms with Crippen molar-refractivity contribution in [3.63, 3.8) is 0 Å². The van der Waals surface area contributed by atoms with Gasteiger partial charge >= 0.3 is 0 Å². The van der Waals surface area contributed by atoms with Crippen LogP contribution in [0.5, 0.6) is 0 Å². The molecule has 0 aromatic carbocycles. The van der Waals surface area contributed by atoms with Crippen LogP contribution in [-0.2, 0) is 9.59 Å². The summed E-state index contributed by atoms with van der Waals surface area (Å²) in [5.74, 6) is -0.454. The minimum atomic E-state index is -0.862. The highest BCUT2D eigenvalue weighted by molar-refractivity contribution is 5.92. The normalized spacial score (nSPS) is 18.1. The molecule has 1 fully saturated rings. The SMILES string of the molecule is CCN(C)C(=O)C(C)NC(=O)C1(C#N)CC1. The summed E-state index contributed by atoms with van der Waals surface area (Å²) >= 11 is 0. The van der Waals surface area contributed by atoms with Crippen molar-refractivity contribution in [2.24, 2.45) is 5.41 Å². The Morgan fingerprint density at radius 3 is 2.50 bits per heavy atom. The summed E-state index contributed by atoms with van der Waals surface area (Å²) in [6, 6.07) is 1.44. The lowest BCUT2D eigenvalue weighted by Gasteiger charge is -2.21. The van der Waals surface area contributed by atoms with Gasteiger partial charge in [-0.1, -0.05) is 0 Å². The van der Waals surface area contributed by atoms with Crippen LogP contribution in [0.2, 0.25) is 0 Å². The molecule has 5 heteroatoms. The predicted molar refractivity (Wildman–Crippen MR) is 58.2 cm³/mol. The van der Waals surface area contributed by atoms with Gasteiger partial charge in [0, 0.05) is 13.6 Å². The minimum Gasteiger partial charge on any atom is -0.344 e. The van der Waals surface area contributed by atoms with Crippen molar-refractivity contribution in [3.8, 4) is 6.07 Å². The number of likely N-dealkylation sites (N-methyl/N-ethyl adjacent to an activating group) is 1. The highest BCUT2D eigenvalue weighted by Crippen LogP contribution is 2.45.